The summed E-state index contributed by atoms with van der Waals surface area (Å²) in [5.41, 5.74) is 0.397. The second-order valence-electron chi connectivity index (χ2n) is 11.9. The van der Waals surface area contributed by atoms with E-state index in [9.17, 15) is 27.2 Å². The lowest BCUT2D eigenvalue weighted by atomic mass is 9.81. The molecule has 5 rings (SSSR count). The van der Waals surface area contributed by atoms with Crippen molar-refractivity contribution in [2.24, 2.45) is 17.3 Å². The van der Waals surface area contributed by atoms with Crippen molar-refractivity contribution in [3.63, 3.8) is 0 Å². The van der Waals surface area contributed by atoms with E-state index in [1.807, 2.05) is 0 Å². The molecule has 3 heterocycles. The van der Waals surface area contributed by atoms with Crippen molar-refractivity contribution < 1.29 is 31.8 Å². The molecule has 2 aliphatic carbocycles. The highest BCUT2D eigenvalue weighted by Crippen LogP contribution is 2.43. The summed E-state index contributed by atoms with van der Waals surface area (Å²) in [4.78, 5) is 30.4. The number of carbonyl (C=O) groups is 2. The van der Waals surface area contributed by atoms with Crippen LogP contribution in [0.15, 0.2) is 23.1 Å². The number of aromatic nitrogens is 5. The van der Waals surface area contributed by atoms with Gasteiger partial charge in [-0.05, 0) is 61.2 Å². The first-order valence-corrected chi connectivity index (χ1v) is 13.7. The molecular formula is C27H33F4N7O3. The van der Waals surface area contributed by atoms with Gasteiger partial charge in [0.25, 0.3) is 5.91 Å². The number of carbonyl (C=O) groups excluding carboxylic acids is 2. The molecule has 2 aliphatic rings. The van der Waals surface area contributed by atoms with Crippen LogP contribution in [0.5, 0.6) is 0 Å². The quantitative estimate of drug-likeness (QED) is 0.325. The molecule has 2 amide bonds. The Hall–Kier alpha value is -3.58. The zero-order valence-corrected chi connectivity index (χ0v) is 23.0. The first-order chi connectivity index (χ1) is 19.3. The van der Waals surface area contributed by atoms with E-state index in [4.69, 9.17) is 4.98 Å². The summed E-state index contributed by atoms with van der Waals surface area (Å²) in [6.07, 6.45) is 1.82. The Kier molecular flexibility index (Phi) is 7.77. The Morgan fingerprint density at radius 3 is 2.39 bits per heavy atom. The molecule has 41 heavy (non-hydrogen) atoms. The number of imidazole rings is 1. The SMILES string of the molecule is Cc1nonc1C(=O)N[C@H](c1cn2ncc(C(NC(=O)CC(C)(C)C(F)F)C3CC3)cc2n1)C1CCC(F)(F)CC1. The molecule has 3 aromatic heterocycles. The number of hydrogen-bond acceptors (Lipinski definition) is 7. The topological polar surface area (TPSA) is 127 Å². The highest BCUT2D eigenvalue weighted by Gasteiger charge is 2.40. The summed E-state index contributed by atoms with van der Waals surface area (Å²) < 4.78 is 60.7. The maximum Gasteiger partial charge on any atom is 0.276 e. The number of hydrogen-bond donors (Lipinski definition) is 2. The maximum atomic E-state index is 13.9. The van der Waals surface area contributed by atoms with Crippen molar-refractivity contribution >= 4 is 17.5 Å². The van der Waals surface area contributed by atoms with Gasteiger partial charge in [0.15, 0.2) is 11.3 Å². The summed E-state index contributed by atoms with van der Waals surface area (Å²) in [6, 6.07) is 0.653. The average Bonchev–Trinajstić information content (AvgIpc) is 3.51. The van der Waals surface area contributed by atoms with Crippen LogP contribution < -0.4 is 10.6 Å². The molecule has 0 bridgehead atoms. The first-order valence-electron chi connectivity index (χ1n) is 13.7. The first kappa shape index (κ1) is 28.9. The van der Waals surface area contributed by atoms with E-state index >= 15 is 0 Å². The predicted molar refractivity (Wildman–Crippen MR) is 137 cm³/mol. The van der Waals surface area contributed by atoms with E-state index in [0.29, 0.717) is 22.6 Å². The fourth-order valence-electron chi connectivity index (χ4n) is 5.32. The fourth-order valence-corrected chi connectivity index (χ4v) is 5.32. The number of aryl methyl sites for hydroxylation is 1. The molecule has 10 nitrogen and oxygen atoms in total. The predicted octanol–water partition coefficient (Wildman–Crippen LogP) is 4.97. The van der Waals surface area contributed by atoms with Crippen LogP contribution in [-0.2, 0) is 4.79 Å². The van der Waals surface area contributed by atoms with Crippen molar-refractivity contribution in [1.82, 2.24) is 35.5 Å². The van der Waals surface area contributed by atoms with Gasteiger partial charge in [0, 0.05) is 24.7 Å². The van der Waals surface area contributed by atoms with E-state index in [1.165, 1.54) is 18.4 Å². The van der Waals surface area contributed by atoms with Crippen LogP contribution in [0.3, 0.4) is 0 Å². The van der Waals surface area contributed by atoms with Gasteiger partial charge in [0.05, 0.1) is 30.2 Å². The largest absolute Gasteiger partial charge is 0.349 e. The van der Waals surface area contributed by atoms with Gasteiger partial charge in [-0.1, -0.05) is 19.0 Å². The monoisotopic (exact) mass is 579 g/mol. The van der Waals surface area contributed by atoms with E-state index in [-0.39, 0.29) is 49.6 Å². The van der Waals surface area contributed by atoms with Crippen molar-refractivity contribution in [1.29, 1.82) is 0 Å². The van der Waals surface area contributed by atoms with E-state index in [2.05, 4.69) is 30.7 Å². The lowest BCUT2D eigenvalue weighted by Gasteiger charge is -2.33. The van der Waals surface area contributed by atoms with Crippen molar-refractivity contribution in [2.45, 2.75) is 90.1 Å². The Bertz CT molecular complexity index is 1410. The molecule has 2 N–H and O–H groups in total. The lowest BCUT2D eigenvalue weighted by Crippen LogP contribution is -2.37. The number of rotatable bonds is 10. The molecule has 3 aromatic rings. The summed E-state index contributed by atoms with van der Waals surface area (Å²) in [7, 11) is 0. The van der Waals surface area contributed by atoms with Gasteiger partial charge in [-0.15, -0.1) is 0 Å². The van der Waals surface area contributed by atoms with Gasteiger partial charge < -0.3 is 10.6 Å². The molecule has 2 fully saturated rings. The van der Waals surface area contributed by atoms with Crippen LogP contribution in [0.4, 0.5) is 17.6 Å². The minimum atomic E-state index is -2.75. The van der Waals surface area contributed by atoms with Crippen LogP contribution in [-0.4, -0.2) is 49.1 Å². The Morgan fingerprint density at radius 1 is 1.10 bits per heavy atom. The fraction of sp³-hybridized carbons (Fsp3) is 0.630. The van der Waals surface area contributed by atoms with Gasteiger partial charge in [-0.25, -0.2) is 31.7 Å². The molecule has 14 heteroatoms. The van der Waals surface area contributed by atoms with E-state index in [1.54, 1.807) is 25.4 Å². The highest BCUT2D eigenvalue weighted by molar-refractivity contribution is 5.93. The average molecular weight is 580 g/mol. The van der Waals surface area contributed by atoms with Crippen molar-refractivity contribution in [3.05, 3.63) is 41.1 Å². The van der Waals surface area contributed by atoms with Crippen molar-refractivity contribution in [3.8, 4) is 0 Å². The Labute approximate surface area is 233 Å². The van der Waals surface area contributed by atoms with Crippen LogP contribution >= 0.6 is 0 Å². The number of nitrogens with one attached hydrogen (secondary N) is 2. The highest BCUT2D eigenvalue weighted by atomic mass is 19.3. The number of amides is 2. The van der Waals surface area contributed by atoms with E-state index in [0.717, 1.165) is 12.8 Å². The second kappa shape index (κ2) is 11.0. The standard InChI is InChI=1S/C27H33F4N7O3/c1-14-21(37-41-36-14)24(40)35-23(16-6-8-27(30,31)9-7-16)18-13-38-19(33-18)10-17(12-32-38)22(15-4-5-15)34-20(39)11-26(2,3)25(28)29/h10,12-13,15-16,22-23,25H,4-9,11H2,1-3H3,(H,34,39)(H,35,40)/t22?,23-/m0/s1. The van der Waals surface area contributed by atoms with Gasteiger partial charge in [-0.2, -0.15) is 5.10 Å². The smallest absolute Gasteiger partial charge is 0.276 e. The number of alkyl halides is 4. The minimum absolute atomic E-state index is 0.00153. The Morgan fingerprint density at radius 2 is 1.78 bits per heavy atom. The molecular weight excluding hydrogens is 546 g/mol. The van der Waals surface area contributed by atoms with E-state index < -0.39 is 41.7 Å². The minimum Gasteiger partial charge on any atom is -0.349 e. The third kappa shape index (κ3) is 6.51. The number of halogens is 4. The summed E-state index contributed by atoms with van der Waals surface area (Å²) >= 11 is 0. The van der Waals surface area contributed by atoms with Crippen LogP contribution in [0.25, 0.3) is 5.65 Å². The number of fused-ring (bicyclic) bond motifs is 1. The van der Waals surface area contributed by atoms with Gasteiger partial charge >= 0.3 is 0 Å². The molecule has 0 aliphatic heterocycles. The zero-order valence-electron chi connectivity index (χ0n) is 23.0. The van der Waals surface area contributed by atoms with Crippen LogP contribution in [0.1, 0.15) is 98.3 Å². The molecule has 0 radical (unpaired) electrons. The zero-order chi connectivity index (χ0) is 29.5. The lowest BCUT2D eigenvalue weighted by molar-refractivity contribution is -0.126. The van der Waals surface area contributed by atoms with Crippen LogP contribution in [0, 0.1) is 24.2 Å². The molecule has 2 saturated carbocycles. The maximum absolute atomic E-state index is 13.9. The third-order valence-electron chi connectivity index (χ3n) is 8.04. The van der Waals surface area contributed by atoms with Crippen molar-refractivity contribution in [2.75, 3.05) is 0 Å². The number of nitrogens with zero attached hydrogens (tertiary/aromatic N) is 5. The molecule has 0 aromatic carbocycles. The van der Waals surface area contributed by atoms with Gasteiger partial charge in [0.1, 0.15) is 5.69 Å². The normalized spacial score (nSPS) is 19.3. The molecule has 0 saturated heterocycles. The van der Waals surface area contributed by atoms with Gasteiger partial charge in [-0.3, -0.25) is 9.59 Å². The molecule has 222 valence electrons. The Balaban J connectivity index is 1.40. The third-order valence-corrected chi connectivity index (χ3v) is 8.04. The second-order valence-corrected chi connectivity index (χ2v) is 11.9. The molecule has 0 spiro atoms. The summed E-state index contributed by atoms with van der Waals surface area (Å²) in [5, 5.41) is 17.5. The molecule has 1 unspecified atom stereocenters. The summed E-state index contributed by atoms with van der Waals surface area (Å²) in [5.74, 6) is -3.92. The summed E-state index contributed by atoms with van der Waals surface area (Å²) in [6.45, 7) is 4.28. The molecule has 2 atom stereocenters. The van der Waals surface area contributed by atoms with Gasteiger partial charge in [0.2, 0.25) is 18.3 Å². The van der Waals surface area contributed by atoms with Crippen LogP contribution in [0.2, 0.25) is 0 Å².